The molecule has 0 bridgehead atoms. The van der Waals surface area contributed by atoms with Crippen LogP contribution in [0.25, 0.3) is 10.9 Å². The molecule has 5 nitrogen and oxygen atoms in total. The van der Waals surface area contributed by atoms with Gasteiger partial charge in [0.15, 0.2) is 0 Å². The quantitative estimate of drug-likeness (QED) is 0.834. The zero-order valence-corrected chi connectivity index (χ0v) is 14.6. The number of carbonyl (C=O) groups excluding carboxylic acids is 1. The molecule has 2 aromatic rings. The van der Waals surface area contributed by atoms with Gasteiger partial charge in [-0.05, 0) is 37.1 Å². The van der Waals surface area contributed by atoms with Crippen molar-refractivity contribution < 1.29 is 9.53 Å². The number of rotatable bonds is 2. The Morgan fingerprint density at radius 1 is 1.33 bits per heavy atom. The first-order valence-electron chi connectivity index (χ1n) is 8.29. The second-order valence-electron chi connectivity index (χ2n) is 6.66. The molecule has 1 amide bonds. The van der Waals surface area contributed by atoms with Crippen LogP contribution in [0.1, 0.15) is 18.9 Å². The fourth-order valence-electron chi connectivity index (χ4n) is 3.78. The molecular formula is C18H20ClN3O2. The van der Waals surface area contributed by atoms with E-state index in [2.05, 4.69) is 24.8 Å². The van der Waals surface area contributed by atoms with E-state index in [1.54, 1.807) is 0 Å². The minimum atomic E-state index is -0.242. The number of aryl methyl sites for hydroxylation is 1. The molecule has 1 atom stereocenters. The normalized spacial score (nSPS) is 23.5. The van der Waals surface area contributed by atoms with E-state index in [1.165, 1.54) is 5.56 Å². The first kappa shape index (κ1) is 15.5. The molecule has 0 spiro atoms. The van der Waals surface area contributed by atoms with Gasteiger partial charge in [-0.3, -0.25) is 4.90 Å². The minimum absolute atomic E-state index is 0.189. The van der Waals surface area contributed by atoms with Gasteiger partial charge >= 0.3 is 6.09 Å². The number of cyclic esters (lactones) is 1. The summed E-state index contributed by atoms with van der Waals surface area (Å²) < 4.78 is 5.31. The lowest BCUT2D eigenvalue weighted by molar-refractivity contribution is 0.137. The van der Waals surface area contributed by atoms with Gasteiger partial charge in [0.2, 0.25) is 0 Å². The number of carbonyl (C=O) groups is 1. The van der Waals surface area contributed by atoms with Gasteiger partial charge in [-0.1, -0.05) is 24.6 Å². The van der Waals surface area contributed by atoms with Crippen molar-refractivity contribution in [2.75, 3.05) is 31.1 Å². The molecule has 1 aromatic heterocycles. The maximum absolute atomic E-state index is 11.9. The van der Waals surface area contributed by atoms with E-state index in [0.29, 0.717) is 18.2 Å². The lowest BCUT2D eigenvalue weighted by atomic mass is 9.93. The summed E-state index contributed by atoms with van der Waals surface area (Å²) in [4.78, 5) is 20.9. The molecule has 0 N–H and O–H groups in total. The van der Waals surface area contributed by atoms with Gasteiger partial charge in [0, 0.05) is 30.0 Å². The molecule has 0 aliphatic carbocycles. The number of pyridine rings is 1. The van der Waals surface area contributed by atoms with Crippen LogP contribution in [0.3, 0.4) is 0 Å². The summed E-state index contributed by atoms with van der Waals surface area (Å²) in [6.45, 7) is 6.83. The Morgan fingerprint density at radius 2 is 2.17 bits per heavy atom. The summed E-state index contributed by atoms with van der Waals surface area (Å²) in [7, 11) is 0. The maximum Gasteiger partial charge on any atom is 0.410 e. The summed E-state index contributed by atoms with van der Waals surface area (Å²) in [6, 6.07) is 7.93. The number of hydrogen-bond acceptors (Lipinski definition) is 4. The topological polar surface area (TPSA) is 45.7 Å². The molecule has 0 saturated carbocycles. The van der Waals surface area contributed by atoms with E-state index in [0.717, 1.165) is 36.2 Å². The number of halogens is 1. The predicted molar refractivity (Wildman–Crippen MR) is 94.8 cm³/mol. The summed E-state index contributed by atoms with van der Waals surface area (Å²) in [5, 5.41) is 1.81. The average Bonchev–Trinajstić information content (AvgIpc) is 2.91. The fourth-order valence-corrected chi connectivity index (χ4v) is 3.95. The van der Waals surface area contributed by atoms with E-state index in [9.17, 15) is 4.79 Å². The number of hydrogen-bond donors (Lipinski definition) is 0. The number of ether oxygens (including phenoxy) is 1. The van der Waals surface area contributed by atoms with Crippen molar-refractivity contribution in [1.82, 2.24) is 9.88 Å². The van der Waals surface area contributed by atoms with Crippen LogP contribution in [0.2, 0.25) is 5.02 Å². The second-order valence-corrected chi connectivity index (χ2v) is 7.10. The van der Waals surface area contributed by atoms with E-state index < -0.39 is 0 Å². The van der Waals surface area contributed by atoms with Crippen LogP contribution in [0.5, 0.6) is 0 Å². The van der Waals surface area contributed by atoms with Crippen molar-refractivity contribution in [3.63, 3.8) is 0 Å². The molecule has 4 rings (SSSR count). The summed E-state index contributed by atoms with van der Waals surface area (Å²) >= 11 is 6.13. The van der Waals surface area contributed by atoms with E-state index >= 15 is 0 Å². The monoisotopic (exact) mass is 345 g/mol. The van der Waals surface area contributed by atoms with Crippen molar-refractivity contribution in [2.45, 2.75) is 25.8 Å². The number of amides is 1. The molecule has 2 fully saturated rings. The number of piperazine rings is 1. The van der Waals surface area contributed by atoms with Gasteiger partial charge in [0.1, 0.15) is 12.4 Å². The molecule has 2 saturated heterocycles. The molecule has 24 heavy (non-hydrogen) atoms. The fraction of sp³-hybridized carbons (Fsp3) is 0.444. The van der Waals surface area contributed by atoms with Crippen molar-refractivity contribution in [3.8, 4) is 0 Å². The number of benzene rings is 1. The van der Waals surface area contributed by atoms with Crippen LogP contribution >= 0.6 is 11.6 Å². The smallest absolute Gasteiger partial charge is 0.410 e. The molecule has 1 aromatic carbocycles. The number of fused-ring (bicyclic) bond motifs is 2. The third-order valence-electron chi connectivity index (χ3n) is 5.28. The zero-order valence-electron chi connectivity index (χ0n) is 13.9. The molecule has 1 unspecified atom stereocenters. The molecule has 2 aliphatic heterocycles. The Morgan fingerprint density at radius 3 is 2.96 bits per heavy atom. The largest absolute Gasteiger partial charge is 0.447 e. The number of aromatic nitrogens is 1. The minimum Gasteiger partial charge on any atom is -0.447 e. The summed E-state index contributed by atoms with van der Waals surface area (Å²) in [6.07, 6.45) is 0.680. The Kier molecular flexibility index (Phi) is 3.57. The van der Waals surface area contributed by atoms with Gasteiger partial charge in [-0.2, -0.15) is 0 Å². The van der Waals surface area contributed by atoms with Gasteiger partial charge < -0.3 is 9.64 Å². The van der Waals surface area contributed by atoms with Crippen LogP contribution in [-0.2, 0) is 4.74 Å². The van der Waals surface area contributed by atoms with Gasteiger partial charge in [-0.15, -0.1) is 0 Å². The molecule has 0 radical (unpaired) electrons. The Balaban J connectivity index is 1.72. The van der Waals surface area contributed by atoms with Gasteiger partial charge in [-0.25, -0.2) is 9.78 Å². The molecular weight excluding hydrogens is 326 g/mol. The highest BCUT2D eigenvalue weighted by molar-refractivity contribution is 6.31. The Bertz CT molecular complexity index is 825. The van der Waals surface area contributed by atoms with Gasteiger partial charge in [0.25, 0.3) is 0 Å². The highest BCUT2D eigenvalue weighted by atomic mass is 35.5. The first-order chi connectivity index (χ1) is 11.5. The molecule has 126 valence electrons. The van der Waals surface area contributed by atoms with Crippen LogP contribution in [0.15, 0.2) is 24.3 Å². The number of anilines is 1. The van der Waals surface area contributed by atoms with E-state index in [4.69, 9.17) is 21.3 Å². The second kappa shape index (κ2) is 5.52. The summed E-state index contributed by atoms with van der Waals surface area (Å²) in [5.74, 6) is 0.939. The Labute approximate surface area is 146 Å². The molecule has 3 heterocycles. The lowest BCUT2D eigenvalue weighted by Gasteiger charge is -2.44. The zero-order chi connectivity index (χ0) is 16.9. The Hall–Kier alpha value is -2.01. The van der Waals surface area contributed by atoms with Crippen molar-refractivity contribution in [2.24, 2.45) is 0 Å². The third-order valence-corrected chi connectivity index (χ3v) is 5.52. The van der Waals surface area contributed by atoms with Crippen molar-refractivity contribution in [3.05, 3.63) is 34.9 Å². The van der Waals surface area contributed by atoms with Gasteiger partial charge in [0.05, 0.1) is 11.1 Å². The SMILES string of the molecule is CCC12COC(=O)N1CCN(c1cc(C)c3ccc(Cl)cc3n1)C2. The van der Waals surface area contributed by atoms with E-state index in [1.807, 2.05) is 23.1 Å². The number of nitrogens with zero attached hydrogens (tertiary/aromatic N) is 3. The van der Waals surface area contributed by atoms with Crippen LogP contribution < -0.4 is 4.90 Å². The third kappa shape index (κ3) is 2.30. The standard InChI is InChI=1S/C18H20ClN3O2/c1-3-18-10-21(6-7-22(18)17(23)24-11-18)16-8-12(2)14-5-4-13(19)9-15(14)20-16/h4-5,8-9H,3,6-7,10-11H2,1-2H3. The van der Waals surface area contributed by atoms with Crippen LogP contribution in [-0.4, -0.2) is 47.8 Å². The van der Waals surface area contributed by atoms with Crippen LogP contribution in [0.4, 0.5) is 10.6 Å². The first-order valence-corrected chi connectivity index (χ1v) is 8.66. The van der Waals surface area contributed by atoms with Crippen molar-refractivity contribution in [1.29, 1.82) is 0 Å². The highest BCUT2D eigenvalue weighted by Crippen LogP contribution is 2.34. The van der Waals surface area contributed by atoms with E-state index in [-0.39, 0.29) is 11.6 Å². The summed E-state index contributed by atoms with van der Waals surface area (Å²) in [5.41, 5.74) is 1.84. The predicted octanol–water partition coefficient (Wildman–Crippen LogP) is 3.62. The van der Waals surface area contributed by atoms with Crippen LogP contribution in [0, 0.1) is 6.92 Å². The lowest BCUT2D eigenvalue weighted by Crippen LogP contribution is -2.61. The maximum atomic E-state index is 11.9. The molecule has 6 heteroatoms. The van der Waals surface area contributed by atoms with Crippen molar-refractivity contribution >= 4 is 34.4 Å². The molecule has 2 aliphatic rings. The highest BCUT2D eigenvalue weighted by Gasteiger charge is 2.49. The average molecular weight is 346 g/mol.